The van der Waals surface area contributed by atoms with Crippen LogP contribution in [-0.2, 0) is 4.79 Å². The number of carbonyl (C=O) groups excluding carboxylic acids is 1. The highest BCUT2D eigenvalue weighted by Crippen LogP contribution is 2.41. The SMILES string of the molecule is COc1cc(C=CC=O)cc2c1OCO2. The van der Waals surface area contributed by atoms with Crippen LogP contribution in [0.5, 0.6) is 17.2 Å². The quantitative estimate of drug-likeness (QED) is 0.557. The molecule has 0 unspecified atom stereocenters. The van der Waals surface area contributed by atoms with Crippen molar-refractivity contribution in [2.45, 2.75) is 0 Å². The maximum absolute atomic E-state index is 10.2. The van der Waals surface area contributed by atoms with Gasteiger partial charge in [0.25, 0.3) is 0 Å². The van der Waals surface area contributed by atoms with Crippen LogP contribution in [0.4, 0.5) is 0 Å². The van der Waals surface area contributed by atoms with Gasteiger partial charge < -0.3 is 14.2 Å². The van der Waals surface area contributed by atoms with Gasteiger partial charge in [0.15, 0.2) is 11.5 Å². The topological polar surface area (TPSA) is 44.8 Å². The van der Waals surface area contributed by atoms with Crippen molar-refractivity contribution in [3.63, 3.8) is 0 Å². The van der Waals surface area contributed by atoms with E-state index < -0.39 is 0 Å². The van der Waals surface area contributed by atoms with Crippen molar-refractivity contribution in [2.75, 3.05) is 13.9 Å². The van der Waals surface area contributed by atoms with Gasteiger partial charge in [0.2, 0.25) is 12.5 Å². The molecule has 0 saturated heterocycles. The number of fused-ring (bicyclic) bond motifs is 1. The van der Waals surface area contributed by atoms with Crippen molar-refractivity contribution >= 4 is 12.4 Å². The second-order valence-electron chi connectivity index (χ2n) is 2.95. The first kappa shape index (κ1) is 9.58. The number of allylic oxidation sites excluding steroid dienone is 1. The lowest BCUT2D eigenvalue weighted by Gasteiger charge is -2.05. The van der Waals surface area contributed by atoms with Crippen LogP contribution >= 0.6 is 0 Å². The number of ether oxygens (including phenoxy) is 3. The number of methoxy groups -OCH3 is 1. The first-order valence-corrected chi connectivity index (χ1v) is 4.44. The third-order valence-corrected chi connectivity index (χ3v) is 2.05. The molecule has 0 aromatic heterocycles. The normalized spacial score (nSPS) is 13.1. The second kappa shape index (κ2) is 4.04. The van der Waals surface area contributed by atoms with Gasteiger partial charge in [-0.05, 0) is 23.8 Å². The highest BCUT2D eigenvalue weighted by Gasteiger charge is 2.19. The average Bonchev–Trinajstić information content (AvgIpc) is 2.73. The van der Waals surface area contributed by atoms with Crippen molar-refractivity contribution in [2.24, 2.45) is 0 Å². The van der Waals surface area contributed by atoms with E-state index in [1.165, 1.54) is 6.08 Å². The van der Waals surface area contributed by atoms with Crippen LogP contribution in [0.15, 0.2) is 18.2 Å². The molecule has 0 bridgehead atoms. The number of carbonyl (C=O) groups is 1. The van der Waals surface area contributed by atoms with Gasteiger partial charge in [-0.2, -0.15) is 0 Å². The maximum atomic E-state index is 10.2. The molecule has 0 N–H and O–H groups in total. The van der Waals surface area contributed by atoms with Gasteiger partial charge in [0, 0.05) is 0 Å². The molecule has 1 aliphatic rings. The Morgan fingerprint density at radius 3 is 3.00 bits per heavy atom. The minimum Gasteiger partial charge on any atom is -0.493 e. The van der Waals surface area contributed by atoms with E-state index in [2.05, 4.69) is 0 Å². The van der Waals surface area contributed by atoms with E-state index in [-0.39, 0.29) is 6.79 Å². The zero-order chi connectivity index (χ0) is 10.7. The highest BCUT2D eigenvalue weighted by molar-refractivity contribution is 5.75. The predicted molar refractivity (Wildman–Crippen MR) is 54.2 cm³/mol. The van der Waals surface area contributed by atoms with Crippen molar-refractivity contribution in [3.8, 4) is 17.2 Å². The van der Waals surface area contributed by atoms with Crippen LogP contribution in [0.3, 0.4) is 0 Å². The molecule has 4 nitrogen and oxygen atoms in total. The fourth-order valence-electron chi connectivity index (χ4n) is 1.40. The average molecular weight is 206 g/mol. The van der Waals surface area contributed by atoms with Crippen LogP contribution in [-0.4, -0.2) is 20.2 Å². The zero-order valence-corrected chi connectivity index (χ0v) is 8.23. The summed E-state index contributed by atoms with van der Waals surface area (Å²) in [6.07, 6.45) is 3.81. The summed E-state index contributed by atoms with van der Waals surface area (Å²) >= 11 is 0. The number of hydrogen-bond donors (Lipinski definition) is 0. The summed E-state index contributed by atoms with van der Waals surface area (Å²) in [5.41, 5.74) is 0.836. The molecule has 0 saturated carbocycles. The smallest absolute Gasteiger partial charge is 0.231 e. The summed E-state index contributed by atoms with van der Waals surface area (Å²) in [7, 11) is 1.56. The second-order valence-corrected chi connectivity index (χ2v) is 2.95. The minimum absolute atomic E-state index is 0.201. The summed E-state index contributed by atoms with van der Waals surface area (Å²) in [5, 5.41) is 0. The fourth-order valence-corrected chi connectivity index (χ4v) is 1.40. The molecule has 1 aromatic rings. The van der Waals surface area contributed by atoms with E-state index in [1.807, 2.05) is 0 Å². The first-order valence-electron chi connectivity index (χ1n) is 4.44. The number of rotatable bonds is 3. The standard InChI is InChI=1S/C11H10O4/c1-13-9-5-8(3-2-4-12)6-10-11(9)15-7-14-10/h2-6H,7H2,1H3. The van der Waals surface area contributed by atoms with E-state index in [0.717, 1.165) is 11.8 Å². The number of benzene rings is 1. The van der Waals surface area contributed by atoms with Crippen molar-refractivity contribution in [1.29, 1.82) is 0 Å². The van der Waals surface area contributed by atoms with Gasteiger partial charge in [0.1, 0.15) is 6.29 Å². The Hall–Kier alpha value is -1.97. The molecule has 0 atom stereocenters. The van der Waals surface area contributed by atoms with Crippen molar-refractivity contribution < 1.29 is 19.0 Å². The van der Waals surface area contributed by atoms with Crippen molar-refractivity contribution in [3.05, 3.63) is 23.8 Å². The zero-order valence-electron chi connectivity index (χ0n) is 8.23. The Bertz CT molecular complexity index is 409. The monoisotopic (exact) mass is 206 g/mol. The van der Waals surface area contributed by atoms with Gasteiger partial charge in [-0.1, -0.05) is 6.08 Å². The van der Waals surface area contributed by atoms with Gasteiger partial charge in [-0.25, -0.2) is 0 Å². The molecule has 0 aliphatic carbocycles. The Morgan fingerprint density at radius 2 is 2.27 bits per heavy atom. The van der Waals surface area contributed by atoms with Crippen LogP contribution in [0, 0.1) is 0 Å². The summed E-state index contributed by atoms with van der Waals surface area (Å²) in [6, 6.07) is 3.58. The highest BCUT2D eigenvalue weighted by atomic mass is 16.7. The molecule has 2 rings (SSSR count). The lowest BCUT2D eigenvalue weighted by molar-refractivity contribution is -0.104. The summed E-state index contributed by atoms with van der Waals surface area (Å²) in [5.74, 6) is 1.86. The van der Waals surface area contributed by atoms with Gasteiger partial charge >= 0.3 is 0 Å². The molecule has 15 heavy (non-hydrogen) atoms. The van der Waals surface area contributed by atoms with Gasteiger partial charge in [0.05, 0.1) is 7.11 Å². The molecule has 0 amide bonds. The molecule has 1 aromatic carbocycles. The third kappa shape index (κ3) is 1.79. The molecule has 0 spiro atoms. The van der Waals surface area contributed by atoms with E-state index >= 15 is 0 Å². The predicted octanol–water partition coefficient (Wildman–Crippen LogP) is 1.64. The van der Waals surface area contributed by atoms with Gasteiger partial charge in [-0.15, -0.1) is 0 Å². The summed E-state index contributed by atoms with van der Waals surface area (Å²) in [6.45, 7) is 0.201. The largest absolute Gasteiger partial charge is 0.493 e. The minimum atomic E-state index is 0.201. The van der Waals surface area contributed by atoms with Crippen LogP contribution in [0.2, 0.25) is 0 Å². The Balaban J connectivity index is 2.43. The fraction of sp³-hybridized carbons (Fsp3) is 0.182. The lowest BCUT2D eigenvalue weighted by atomic mass is 10.1. The molecule has 1 aliphatic heterocycles. The number of aldehydes is 1. The summed E-state index contributed by atoms with van der Waals surface area (Å²) in [4.78, 5) is 10.2. The maximum Gasteiger partial charge on any atom is 0.231 e. The molecule has 0 radical (unpaired) electrons. The Kier molecular flexibility index (Phi) is 2.58. The van der Waals surface area contributed by atoms with E-state index in [1.54, 1.807) is 25.3 Å². The lowest BCUT2D eigenvalue weighted by Crippen LogP contribution is -1.93. The molecular formula is C11H10O4. The van der Waals surface area contributed by atoms with E-state index in [9.17, 15) is 4.79 Å². The third-order valence-electron chi connectivity index (χ3n) is 2.05. The van der Waals surface area contributed by atoms with Crippen molar-refractivity contribution in [1.82, 2.24) is 0 Å². The molecule has 78 valence electrons. The van der Waals surface area contributed by atoms with Crippen LogP contribution in [0.25, 0.3) is 6.08 Å². The van der Waals surface area contributed by atoms with Crippen LogP contribution < -0.4 is 14.2 Å². The van der Waals surface area contributed by atoms with Crippen LogP contribution in [0.1, 0.15) is 5.56 Å². The Labute approximate surface area is 87.1 Å². The molecular weight excluding hydrogens is 196 g/mol. The molecule has 0 fully saturated rings. The Morgan fingerprint density at radius 1 is 1.40 bits per heavy atom. The molecule has 4 heteroatoms. The molecule has 1 heterocycles. The van der Waals surface area contributed by atoms with E-state index in [0.29, 0.717) is 17.2 Å². The van der Waals surface area contributed by atoms with Gasteiger partial charge in [-0.3, -0.25) is 4.79 Å². The first-order chi connectivity index (χ1) is 7.35. The summed E-state index contributed by atoms with van der Waals surface area (Å²) < 4.78 is 15.6. The number of hydrogen-bond acceptors (Lipinski definition) is 4. The van der Waals surface area contributed by atoms with E-state index in [4.69, 9.17) is 14.2 Å².